The largest absolute Gasteiger partial charge is 0.400 e. The summed E-state index contributed by atoms with van der Waals surface area (Å²) in [7, 11) is 11.3. The number of nitrogens with one attached hydrogen (secondary N) is 1. The van der Waals surface area contributed by atoms with Crippen LogP contribution >= 0.6 is 23.2 Å². The fourth-order valence-corrected chi connectivity index (χ4v) is 5.88. The molecule has 0 bridgehead atoms. The number of carbonyl (C=O) groups excluding carboxylic acids is 3. The number of nitrogens with zero attached hydrogens (tertiary/aromatic N) is 3. The van der Waals surface area contributed by atoms with Gasteiger partial charge in [-0.3, -0.25) is 14.6 Å². The molecule has 1 amide bonds. The van der Waals surface area contributed by atoms with Crippen LogP contribution in [0.5, 0.6) is 0 Å². The van der Waals surface area contributed by atoms with Crippen molar-refractivity contribution in [3.8, 4) is 0 Å². The second-order valence-corrected chi connectivity index (χ2v) is 14.9. The molecule has 0 radical (unpaired) electrons. The predicted octanol–water partition coefficient (Wildman–Crippen LogP) is 6.34. The topological polar surface area (TPSA) is 99.1 Å². The molecule has 0 saturated heterocycles. The highest BCUT2D eigenvalue weighted by atomic mass is 35.5. The fraction of sp³-hybridized carbons (Fsp3) is 0.556. The zero-order valence-electron chi connectivity index (χ0n) is 29.2. The lowest BCUT2D eigenvalue weighted by Crippen LogP contribution is -2.50. The third-order valence-electron chi connectivity index (χ3n) is 7.67. The maximum atomic E-state index is 13.7. The van der Waals surface area contributed by atoms with E-state index in [1.165, 1.54) is 0 Å². The first-order valence-electron chi connectivity index (χ1n) is 15.8. The van der Waals surface area contributed by atoms with Crippen LogP contribution in [0.25, 0.3) is 0 Å². The summed E-state index contributed by atoms with van der Waals surface area (Å²) in [4.78, 5) is 41.2. The number of hydrogen-bond donors (Lipinski definition) is 2. The minimum absolute atomic E-state index is 0.0629. The number of aliphatic hydroxyl groups excluding tert-OH is 1. The fourth-order valence-electron chi connectivity index (χ4n) is 5.36. The van der Waals surface area contributed by atoms with Crippen molar-refractivity contribution < 1.29 is 24.0 Å². The zero-order chi connectivity index (χ0) is 35.1. The maximum Gasteiger partial charge on any atom is 0.274 e. The number of amides is 1. The summed E-state index contributed by atoms with van der Waals surface area (Å²) in [5, 5.41) is 10.8. The molecular formula is C36H55Cl2N4O4+. The number of aliphatic imine (C=N–C) groups is 1. The minimum Gasteiger partial charge on any atom is -0.400 e. The molecule has 46 heavy (non-hydrogen) atoms. The third-order valence-corrected chi connectivity index (χ3v) is 8.11. The molecule has 0 aromatic heterocycles. The number of rotatable bonds is 8. The Hall–Kier alpha value is -2.62. The number of hydrogen-bond acceptors (Lipinski definition) is 6. The summed E-state index contributed by atoms with van der Waals surface area (Å²) in [6.45, 7) is 8.24. The van der Waals surface area contributed by atoms with Crippen molar-refractivity contribution in [2.75, 3.05) is 55.4 Å². The van der Waals surface area contributed by atoms with E-state index >= 15 is 0 Å². The van der Waals surface area contributed by atoms with Gasteiger partial charge in [0.25, 0.3) is 5.91 Å². The Balaban J connectivity index is 0.000000693. The molecule has 2 aromatic rings. The van der Waals surface area contributed by atoms with Gasteiger partial charge in [0.05, 0.1) is 28.2 Å². The number of benzene rings is 2. The van der Waals surface area contributed by atoms with E-state index in [0.29, 0.717) is 52.2 Å². The molecule has 0 unspecified atom stereocenters. The molecule has 1 heterocycles. The smallest absolute Gasteiger partial charge is 0.274 e. The standard InChI is InChI=1S/C27H30Cl2N2O2.C4H9NO.C4H12N.CH4O/c1-26(2,3)21-8-11-27(12-9-21)30-24(20-14-22(28)16-23(29)15-20)25(33)31(27)13-10-18-4-6-19(17-32)7-5-18;1-5-3-2-4-6;1-5(2,3)4;1-2/h4-7,14-17,21H,8-13H2,1-3H3;4-5H,2-3H2,1H3;1-4H3;2H,1H3/q;;+1;. The molecule has 2 N–H and O–H groups in total. The second-order valence-electron chi connectivity index (χ2n) is 14.0. The van der Waals surface area contributed by atoms with Crippen molar-refractivity contribution >= 4 is 47.4 Å². The third kappa shape index (κ3) is 13.6. The van der Waals surface area contributed by atoms with Crippen LogP contribution in [0.2, 0.25) is 10.0 Å². The molecule has 8 nitrogen and oxygen atoms in total. The lowest BCUT2D eigenvalue weighted by Gasteiger charge is -2.45. The van der Waals surface area contributed by atoms with Crippen molar-refractivity contribution in [2.24, 2.45) is 16.3 Å². The molecule has 0 atom stereocenters. The van der Waals surface area contributed by atoms with Crippen molar-refractivity contribution in [1.29, 1.82) is 0 Å². The second kappa shape index (κ2) is 19.3. The summed E-state index contributed by atoms with van der Waals surface area (Å²) in [5.41, 5.74) is 2.58. The quantitative estimate of drug-likeness (QED) is 0.193. The first-order valence-corrected chi connectivity index (χ1v) is 16.5. The van der Waals surface area contributed by atoms with Gasteiger partial charge in [-0.15, -0.1) is 0 Å². The molecule has 2 aliphatic rings. The van der Waals surface area contributed by atoms with Crippen LogP contribution in [0.4, 0.5) is 0 Å². The van der Waals surface area contributed by atoms with E-state index in [0.717, 1.165) is 62.0 Å². The van der Waals surface area contributed by atoms with Crippen molar-refractivity contribution in [3.63, 3.8) is 0 Å². The molecule has 1 spiro atoms. The van der Waals surface area contributed by atoms with Gasteiger partial charge in [-0.25, -0.2) is 0 Å². The van der Waals surface area contributed by atoms with Crippen LogP contribution in [0, 0.1) is 11.3 Å². The molecule has 4 rings (SSSR count). The van der Waals surface area contributed by atoms with E-state index in [4.69, 9.17) is 33.3 Å². The predicted molar refractivity (Wildman–Crippen MR) is 191 cm³/mol. The lowest BCUT2D eigenvalue weighted by molar-refractivity contribution is -0.849. The highest BCUT2D eigenvalue weighted by Gasteiger charge is 2.49. The monoisotopic (exact) mass is 677 g/mol. The average molecular weight is 679 g/mol. The van der Waals surface area contributed by atoms with E-state index in [1.54, 1.807) is 18.2 Å². The van der Waals surface area contributed by atoms with Gasteiger partial charge in [0.1, 0.15) is 23.9 Å². The first-order chi connectivity index (χ1) is 21.5. The van der Waals surface area contributed by atoms with Gasteiger partial charge >= 0.3 is 0 Å². The molecule has 256 valence electrons. The highest BCUT2D eigenvalue weighted by Crippen LogP contribution is 2.46. The van der Waals surface area contributed by atoms with Crippen LogP contribution in [0.15, 0.2) is 47.5 Å². The molecule has 2 aromatic carbocycles. The van der Waals surface area contributed by atoms with Gasteiger partial charge in [-0.2, -0.15) is 0 Å². The number of halogens is 2. The molecular weight excluding hydrogens is 623 g/mol. The molecule has 10 heteroatoms. The van der Waals surface area contributed by atoms with Crippen LogP contribution in [0.1, 0.15) is 74.4 Å². The van der Waals surface area contributed by atoms with Crippen LogP contribution < -0.4 is 5.32 Å². The summed E-state index contributed by atoms with van der Waals surface area (Å²) in [6, 6.07) is 12.7. The van der Waals surface area contributed by atoms with E-state index < -0.39 is 5.66 Å². The van der Waals surface area contributed by atoms with E-state index in [1.807, 2.05) is 36.2 Å². The van der Waals surface area contributed by atoms with Gasteiger partial charge in [0.2, 0.25) is 0 Å². The molecule has 1 fully saturated rings. The van der Waals surface area contributed by atoms with Gasteiger partial charge in [-0.05, 0) is 74.2 Å². The van der Waals surface area contributed by atoms with Crippen molar-refractivity contribution in [1.82, 2.24) is 10.2 Å². The summed E-state index contributed by atoms with van der Waals surface area (Å²) < 4.78 is 1.00. The molecule has 1 saturated carbocycles. The van der Waals surface area contributed by atoms with E-state index in [-0.39, 0.29) is 11.3 Å². The Labute approximate surface area is 286 Å². The van der Waals surface area contributed by atoms with Crippen LogP contribution in [-0.2, 0) is 16.0 Å². The van der Waals surface area contributed by atoms with Gasteiger partial charge < -0.3 is 24.6 Å². The van der Waals surface area contributed by atoms with E-state index in [2.05, 4.69) is 54.3 Å². The van der Waals surface area contributed by atoms with Gasteiger partial charge in [0.15, 0.2) is 0 Å². The Morgan fingerprint density at radius 3 is 1.93 bits per heavy atom. The Bertz CT molecular complexity index is 1250. The maximum absolute atomic E-state index is 13.7. The lowest BCUT2D eigenvalue weighted by atomic mass is 9.69. The van der Waals surface area contributed by atoms with E-state index in [9.17, 15) is 14.4 Å². The Kier molecular flexibility index (Phi) is 17.3. The van der Waals surface area contributed by atoms with Gasteiger partial charge in [-0.1, -0.05) is 68.2 Å². The van der Waals surface area contributed by atoms with Gasteiger partial charge in [0, 0.05) is 47.8 Å². The summed E-state index contributed by atoms with van der Waals surface area (Å²) >= 11 is 12.5. The number of carbonyl (C=O) groups is 3. The highest BCUT2D eigenvalue weighted by molar-refractivity contribution is 6.47. The van der Waals surface area contributed by atoms with Crippen LogP contribution in [0.3, 0.4) is 0 Å². The number of aliphatic hydroxyl groups is 1. The molecule has 1 aliphatic heterocycles. The van der Waals surface area contributed by atoms with Crippen molar-refractivity contribution in [2.45, 2.75) is 65.0 Å². The molecule has 1 aliphatic carbocycles. The number of aldehydes is 2. The normalized spacial score (nSPS) is 19.1. The Morgan fingerprint density at radius 1 is 1.00 bits per heavy atom. The summed E-state index contributed by atoms with van der Waals surface area (Å²) in [5.74, 6) is 0.544. The van der Waals surface area contributed by atoms with Crippen LogP contribution in [-0.4, -0.2) is 99.8 Å². The summed E-state index contributed by atoms with van der Waals surface area (Å²) in [6.07, 6.45) is 6.84. The van der Waals surface area contributed by atoms with Crippen molar-refractivity contribution in [3.05, 3.63) is 69.2 Å². The SMILES string of the molecule is CC(C)(C)C1CCC2(CC1)N=C(c1cc(Cl)cc(Cl)c1)C(=O)N2CCc1ccc(C=O)cc1.CNCCC=O.CO.C[N+](C)(C)C. The Morgan fingerprint density at radius 2 is 1.52 bits per heavy atom. The first kappa shape index (κ1) is 41.4. The zero-order valence-corrected chi connectivity index (χ0v) is 30.7. The minimum atomic E-state index is -0.522. The number of quaternary nitrogens is 1. The average Bonchev–Trinajstić information content (AvgIpc) is 3.25.